The average molecular weight is 223 g/mol. The molecule has 92 valence electrons. The molecule has 3 heteroatoms. The number of hydrogen-bond donors (Lipinski definition) is 1. The normalized spacial score (nSPS) is 13.0. The van der Waals surface area contributed by atoms with Crippen LogP contribution in [0.15, 0.2) is 6.07 Å². The Hall–Kier alpha value is -0.830. The molecule has 0 aliphatic heterocycles. The van der Waals surface area contributed by atoms with Crippen molar-refractivity contribution < 1.29 is 0 Å². The molecule has 16 heavy (non-hydrogen) atoms. The van der Waals surface area contributed by atoms with Crippen LogP contribution in [0.5, 0.6) is 0 Å². The lowest BCUT2D eigenvalue weighted by Gasteiger charge is -2.15. The van der Waals surface area contributed by atoms with Crippen molar-refractivity contribution in [2.45, 2.75) is 52.5 Å². The summed E-state index contributed by atoms with van der Waals surface area (Å²) in [5.74, 6) is 0. The van der Waals surface area contributed by atoms with E-state index in [1.807, 2.05) is 11.7 Å². The van der Waals surface area contributed by atoms with Crippen molar-refractivity contribution in [3.05, 3.63) is 17.5 Å². The number of aryl methyl sites for hydroxylation is 3. The summed E-state index contributed by atoms with van der Waals surface area (Å²) in [5, 5.41) is 7.88. The lowest BCUT2D eigenvalue weighted by molar-refractivity contribution is 0.464. The topological polar surface area (TPSA) is 29.9 Å². The van der Waals surface area contributed by atoms with E-state index in [0.29, 0.717) is 6.04 Å². The van der Waals surface area contributed by atoms with E-state index in [2.05, 4.69) is 37.3 Å². The molecular formula is C13H25N3. The lowest BCUT2D eigenvalue weighted by atomic mass is 10.1. The zero-order valence-electron chi connectivity index (χ0n) is 11.1. The highest BCUT2D eigenvalue weighted by Gasteiger charge is 2.06. The third-order valence-corrected chi connectivity index (χ3v) is 3.07. The molecule has 0 saturated carbocycles. The van der Waals surface area contributed by atoms with Gasteiger partial charge in [0.05, 0.1) is 5.69 Å². The molecule has 1 aromatic rings. The molecule has 0 aromatic carbocycles. The number of aromatic nitrogens is 2. The van der Waals surface area contributed by atoms with Gasteiger partial charge in [-0.3, -0.25) is 4.68 Å². The van der Waals surface area contributed by atoms with Crippen molar-refractivity contribution in [3.8, 4) is 0 Å². The minimum absolute atomic E-state index is 0.680. The highest BCUT2D eigenvalue weighted by Crippen LogP contribution is 2.09. The summed E-state index contributed by atoms with van der Waals surface area (Å²) >= 11 is 0. The van der Waals surface area contributed by atoms with Crippen LogP contribution in [0.3, 0.4) is 0 Å². The fraction of sp³-hybridized carbons (Fsp3) is 0.769. The minimum Gasteiger partial charge on any atom is -0.314 e. The summed E-state index contributed by atoms with van der Waals surface area (Å²) in [5.41, 5.74) is 2.47. The molecule has 1 unspecified atom stereocenters. The van der Waals surface area contributed by atoms with E-state index in [1.165, 1.54) is 25.0 Å². The quantitative estimate of drug-likeness (QED) is 0.769. The Balaban J connectivity index is 2.32. The number of rotatable bonds is 7. The van der Waals surface area contributed by atoms with Crippen LogP contribution in [0.4, 0.5) is 0 Å². The van der Waals surface area contributed by atoms with Gasteiger partial charge in [0.15, 0.2) is 0 Å². The lowest BCUT2D eigenvalue weighted by Crippen LogP contribution is -2.28. The summed E-state index contributed by atoms with van der Waals surface area (Å²) in [7, 11) is 2.03. The van der Waals surface area contributed by atoms with Crippen molar-refractivity contribution in [2.75, 3.05) is 6.54 Å². The second-order valence-electron chi connectivity index (χ2n) is 4.46. The van der Waals surface area contributed by atoms with E-state index >= 15 is 0 Å². The largest absolute Gasteiger partial charge is 0.314 e. The van der Waals surface area contributed by atoms with Crippen LogP contribution in [-0.4, -0.2) is 22.4 Å². The van der Waals surface area contributed by atoms with Crippen molar-refractivity contribution in [3.63, 3.8) is 0 Å². The van der Waals surface area contributed by atoms with Gasteiger partial charge in [0, 0.05) is 18.8 Å². The Morgan fingerprint density at radius 3 is 2.69 bits per heavy atom. The van der Waals surface area contributed by atoms with Crippen LogP contribution in [0, 0.1) is 6.92 Å². The van der Waals surface area contributed by atoms with Crippen molar-refractivity contribution in [2.24, 2.45) is 7.05 Å². The molecule has 0 aliphatic rings. The Labute approximate surface area is 99.2 Å². The summed E-state index contributed by atoms with van der Waals surface area (Å²) in [6, 6.07) is 2.87. The first-order chi connectivity index (χ1) is 7.67. The van der Waals surface area contributed by atoms with Gasteiger partial charge < -0.3 is 5.32 Å². The van der Waals surface area contributed by atoms with Gasteiger partial charge in [-0.15, -0.1) is 0 Å². The third-order valence-electron chi connectivity index (χ3n) is 3.07. The average Bonchev–Trinajstić information content (AvgIpc) is 2.56. The Kier molecular flexibility index (Phi) is 5.53. The van der Waals surface area contributed by atoms with Crippen molar-refractivity contribution in [1.29, 1.82) is 0 Å². The zero-order valence-corrected chi connectivity index (χ0v) is 11.1. The van der Waals surface area contributed by atoms with Crippen LogP contribution in [0.1, 0.15) is 44.5 Å². The van der Waals surface area contributed by atoms with Crippen LogP contribution in [-0.2, 0) is 13.5 Å². The second kappa shape index (κ2) is 6.69. The molecule has 0 fully saturated rings. The predicted molar refractivity (Wildman–Crippen MR) is 68.6 cm³/mol. The van der Waals surface area contributed by atoms with Crippen molar-refractivity contribution in [1.82, 2.24) is 15.1 Å². The van der Waals surface area contributed by atoms with Gasteiger partial charge >= 0.3 is 0 Å². The maximum absolute atomic E-state index is 4.37. The maximum Gasteiger partial charge on any atom is 0.0596 e. The molecule has 0 spiro atoms. The Morgan fingerprint density at radius 1 is 1.44 bits per heavy atom. The van der Waals surface area contributed by atoms with Gasteiger partial charge in [0.2, 0.25) is 0 Å². The fourth-order valence-corrected chi connectivity index (χ4v) is 2.17. The second-order valence-corrected chi connectivity index (χ2v) is 4.46. The van der Waals surface area contributed by atoms with Crippen LogP contribution in [0.2, 0.25) is 0 Å². The molecule has 1 atom stereocenters. The molecule has 1 heterocycles. The summed E-state index contributed by atoms with van der Waals surface area (Å²) < 4.78 is 2.00. The Morgan fingerprint density at radius 2 is 2.19 bits per heavy atom. The standard InChI is InChI=1S/C13H25N3/c1-5-12(14-6-2)8-7-9-13-10-11(3)15-16(13)4/h10,12,14H,5-9H2,1-4H3. The first kappa shape index (κ1) is 13.2. The summed E-state index contributed by atoms with van der Waals surface area (Å²) in [6.45, 7) is 7.55. The van der Waals surface area contributed by atoms with Crippen molar-refractivity contribution >= 4 is 0 Å². The van der Waals surface area contributed by atoms with Gasteiger partial charge in [-0.05, 0) is 45.2 Å². The smallest absolute Gasteiger partial charge is 0.0596 e. The molecular weight excluding hydrogens is 198 g/mol. The van der Waals surface area contributed by atoms with E-state index in [4.69, 9.17) is 0 Å². The van der Waals surface area contributed by atoms with Gasteiger partial charge in [0.25, 0.3) is 0 Å². The highest BCUT2D eigenvalue weighted by atomic mass is 15.3. The number of nitrogens with zero attached hydrogens (tertiary/aromatic N) is 2. The first-order valence-corrected chi connectivity index (χ1v) is 6.40. The predicted octanol–water partition coefficient (Wildman–Crippen LogP) is 2.44. The Bertz CT molecular complexity index is 304. The highest BCUT2D eigenvalue weighted by molar-refractivity contribution is 5.08. The first-order valence-electron chi connectivity index (χ1n) is 6.40. The van der Waals surface area contributed by atoms with E-state index in [0.717, 1.165) is 18.7 Å². The van der Waals surface area contributed by atoms with Gasteiger partial charge in [0.1, 0.15) is 0 Å². The zero-order chi connectivity index (χ0) is 12.0. The summed E-state index contributed by atoms with van der Waals surface area (Å²) in [6.07, 6.45) is 4.86. The van der Waals surface area contributed by atoms with Gasteiger partial charge in [-0.25, -0.2) is 0 Å². The van der Waals surface area contributed by atoms with Crippen LogP contribution >= 0.6 is 0 Å². The number of hydrogen-bond acceptors (Lipinski definition) is 2. The van der Waals surface area contributed by atoms with E-state index in [-0.39, 0.29) is 0 Å². The monoisotopic (exact) mass is 223 g/mol. The molecule has 0 aliphatic carbocycles. The van der Waals surface area contributed by atoms with E-state index < -0.39 is 0 Å². The fourth-order valence-electron chi connectivity index (χ4n) is 2.17. The SMILES string of the molecule is CCNC(CC)CCCc1cc(C)nn1C. The van der Waals surface area contributed by atoms with Crippen LogP contribution in [0.25, 0.3) is 0 Å². The molecule has 0 saturated heterocycles. The maximum atomic E-state index is 4.37. The van der Waals surface area contributed by atoms with Crippen LogP contribution < -0.4 is 5.32 Å². The van der Waals surface area contributed by atoms with E-state index in [9.17, 15) is 0 Å². The molecule has 0 bridgehead atoms. The molecule has 0 radical (unpaired) electrons. The molecule has 3 nitrogen and oxygen atoms in total. The molecule has 1 rings (SSSR count). The van der Waals surface area contributed by atoms with E-state index in [1.54, 1.807) is 0 Å². The molecule has 0 amide bonds. The van der Waals surface area contributed by atoms with Gasteiger partial charge in [-0.1, -0.05) is 13.8 Å². The third kappa shape index (κ3) is 3.97. The minimum atomic E-state index is 0.680. The number of nitrogens with one attached hydrogen (secondary N) is 1. The molecule has 1 aromatic heterocycles. The molecule has 1 N–H and O–H groups in total. The van der Waals surface area contributed by atoms with Gasteiger partial charge in [-0.2, -0.15) is 5.10 Å². The summed E-state index contributed by atoms with van der Waals surface area (Å²) in [4.78, 5) is 0.